The third-order valence-corrected chi connectivity index (χ3v) is 5.74. The summed E-state index contributed by atoms with van der Waals surface area (Å²) in [5.41, 5.74) is 7.09. The first-order valence-electron chi connectivity index (χ1n) is 10.3. The Kier molecular flexibility index (Phi) is 4.19. The molecule has 0 bridgehead atoms. The maximum absolute atomic E-state index is 13.9. The van der Waals surface area contributed by atoms with Crippen LogP contribution in [0, 0.1) is 12.7 Å². The largest absolute Gasteiger partial charge is 0.508 e. The molecule has 0 spiro atoms. The number of nitrogens with zero attached hydrogens (tertiary/aromatic N) is 4. The smallest absolute Gasteiger partial charge is 0.138 e. The van der Waals surface area contributed by atoms with Gasteiger partial charge in [0, 0.05) is 41.0 Å². The topological polar surface area (TPSA) is 103 Å². The summed E-state index contributed by atoms with van der Waals surface area (Å²) >= 11 is 0. The third kappa shape index (κ3) is 3.20. The number of fused-ring (bicyclic) bond motifs is 2. The summed E-state index contributed by atoms with van der Waals surface area (Å²) in [5.74, 6) is -0.635. The standard InChI is InChI=1S/C25H17FN6O/c1-13-2-4-27-11-20(13)21-10-19-23(12-29-21)31-32-24(19)22-9-18-17(3-5-28-25(18)30-22)14-6-15(26)8-16(33)7-14/h2-12,33H,1H3,(H,28,30)(H,31,32). The number of halogens is 1. The lowest BCUT2D eigenvalue weighted by molar-refractivity contribution is 0.469. The molecule has 0 radical (unpaired) electrons. The van der Waals surface area contributed by atoms with Crippen molar-refractivity contribution in [2.24, 2.45) is 0 Å². The molecular formula is C25H17FN6O. The first-order chi connectivity index (χ1) is 16.1. The molecule has 0 unspecified atom stereocenters. The Hall–Kier alpha value is -4.59. The molecule has 0 aliphatic rings. The second-order valence-corrected chi connectivity index (χ2v) is 7.88. The highest BCUT2D eigenvalue weighted by Crippen LogP contribution is 2.35. The van der Waals surface area contributed by atoms with Crippen LogP contribution in [0.2, 0.25) is 0 Å². The van der Waals surface area contributed by atoms with Crippen LogP contribution in [0.1, 0.15) is 5.56 Å². The summed E-state index contributed by atoms with van der Waals surface area (Å²) in [4.78, 5) is 16.5. The number of H-pyrrole nitrogens is 2. The number of aromatic amines is 2. The minimum Gasteiger partial charge on any atom is -0.508 e. The van der Waals surface area contributed by atoms with Crippen LogP contribution in [0.3, 0.4) is 0 Å². The predicted octanol–water partition coefficient (Wildman–Crippen LogP) is 5.38. The highest BCUT2D eigenvalue weighted by Gasteiger charge is 2.16. The molecule has 8 heteroatoms. The van der Waals surface area contributed by atoms with Crippen molar-refractivity contribution >= 4 is 21.9 Å². The number of phenolic OH excluding ortho intramolecular Hbond substituents is 1. The van der Waals surface area contributed by atoms with E-state index in [4.69, 9.17) is 0 Å². The minimum absolute atomic E-state index is 0.130. The number of phenols is 1. The van der Waals surface area contributed by atoms with E-state index in [0.29, 0.717) is 11.2 Å². The Bertz CT molecular complexity index is 1650. The van der Waals surface area contributed by atoms with Gasteiger partial charge in [0.2, 0.25) is 0 Å². The van der Waals surface area contributed by atoms with E-state index in [1.165, 1.54) is 12.1 Å². The van der Waals surface area contributed by atoms with Gasteiger partial charge in [0.1, 0.15) is 22.9 Å². The maximum atomic E-state index is 13.9. The van der Waals surface area contributed by atoms with Crippen LogP contribution in [0.5, 0.6) is 5.75 Å². The van der Waals surface area contributed by atoms with Crippen molar-refractivity contribution in [1.29, 1.82) is 0 Å². The van der Waals surface area contributed by atoms with E-state index in [0.717, 1.165) is 56.1 Å². The van der Waals surface area contributed by atoms with E-state index in [1.807, 2.05) is 25.1 Å². The Morgan fingerprint density at radius 1 is 0.909 bits per heavy atom. The molecule has 0 atom stereocenters. The van der Waals surface area contributed by atoms with Gasteiger partial charge in [0.05, 0.1) is 23.1 Å². The molecule has 0 saturated heterocycles. The fourth-order valence-electron chi connectivity index (χ4n) is 4.14. The van der Waals surface area contributed by atoms with Crippen molar-refractivity contribution in [3.05, 3.63) is 78.6 Å². The highest BCUT2D eigenvalue weighted by molar-refractivity contribution is 6.00. The van der Waals surface area contributed by atoms with Crippen LogP contribution in [0.4, 0.5) is 4.39 Å². The van der Waals surface area contributed by atoms with Crippen molar-refractivity contribution in [2.75, 3.05) is 0 Å². The van der Waals surface area contributed by atoms with Gasteiger partial charge in [-0.1, -0.05) is 0 Å². The van der Waals surface area contributed by atoms with E-state index >= 15 is 0 Å². The van der Waals surface area contributed by atoms with Gasteiger partial charge in [-0.05, 0) is 60.0 Å². The first kappa shape index (κ1) is 19.1. The van der Waals surface area contributed by atoms with Crippen LogP contribution in [0.25, 0.3) is 55.7 Å². The Morgan fingerprint density at radius 2 is 1.82 bits per heavy atom. The molecule has 0 amide bonds. The van der Waals surface area contributed by atoms with E-state index in [1.54, 1.807) is 30.9 Å². The monoisotopic (exact) mass is 436 g/mol. The zero-order chi connectivity index (χ0) is 22.5. The van der Waals surface area contributed by atoms with Crippen molar-refractivity contribution in [1.82, 2.24) is 30.1 Å². The van der Waals surface area contributed by atoms with Gasteiger partial charge >= 0.3 is 0 Å². The molecule has 1 aromatic carbocycles. The number of rotatable bonds is 3. The lowest BCUT2D eigenvalue weighted by atomic mass is 10.0. The molecule has 5 heterocycles. The number of hydrogen-bond acceptors (Lipinski definition) is 5. The Balaban J connectivity index is 1.52. The quantitative estimate of drug-likeness (QED) is 0.345. The highest BCUT2D eigenvalue weighted by atomic mass is 19.1. The molecule has 160 valence electrons. The summed E-state index contributed by atoms with van der Waals surface area (Å²) in [6.45, 7) is 2.02. The molecular weight excluding hydrogens is 419 g/mol. The lowest BCUT2D eigenvalue weighted by Crippen LogP contribution is -1.88. The van der Waals surface area contributed by atoms with E-state index in [9.17, 15) is 9.50 Å². The van der Waals surface area contributed by atoms with E-state index < -0.39 is 5.82 Å². The van der Waals surface area contributed by atoms with Gasteiger partial charge in [0.15, 0.2) is 0 Å². The lowest BCUT2D eigenvalue weighted by Gasteiger charge is -2.04. The molecule has 0 fully saturated rings. The number of benzene rings is 1. The second kappa shape index (κ2) is 7.23. The maximum Gasteiger partial charge on any atom is 0.138 e. The normalized spacial score (nSPS) is 11.5. The zero-order valence-electron chi connectivity index (χ0n) is 17.5. The fourth-order valence-corrected chi connectivity index (χ4v) is 4.14. The van der Waals surface area contributed by atoms with E-state index in [2.05, 4.69) is 30.1 Å². The molecule has 0 aliphatic carbocycles. The number of aromatic nitrogens is 6. The van der Waals surface area contributed by atoms with Crippen LogP contribution in [-0.4, -0.2) is 35.2 Å². The van der Waals surface area contributed by atoms with E-state index in [-0.39, 0.29) is 5.75 Å². The Labute approximate surface area is 187 Å². The van der Waals surface area contributed by atoms with Crippen molar-refractivity contribution in [3.8, 4) is 39.5 Å². The van der Waals surface area contributed by atoms with Crippen LogP contribution in [0.15, 0.2) is 67.3 Å². The van der Waals surface area contributed by atoms with Crippen molar-refractivity contribution < 1.29 is 9.50 Å². The SMILES string of the molecule is Cc1ccncc1-c1cc2c(-c3cc4c(-c5cc(O)cc(F)c5)ccnc4[nH]3)n[nH]c2cn1. The minimum atomic E-state index is -0.505. The molecule has 0 aliphatic heterocycles. The van der Waals surface area contributed by atoms with Gasteiger partial charge in [-0.15, -0.1) is 0 Å². The molecule has 0 saturated carbocycles. The average Bonchev–Trinajstić information content (AvgIpc) is 3.42. The average molecular weight is 436 g/mol. The van der Waals surface area contributed by atoms with Gasteiger partial charge in [-0.25, -0.2) is 9.37 Å². The number of aryl methyl sites for hydroxylation is 1. The van der Waals surface area contributed by atoms with Gasteiger partial charge in [-0.2, -0.15) is 5.10 Å². The molecule has 3 N–H and O–H groups in total. The summed E-state index contributed by atoms with van der Waals surface area (Å²) in [7, 11) is 0. The van der Waals surface area contributed by atoms with Gasteiger partial charge in [-0.3, -0.25) is 15.1 Å². The van der Waals surface area contributed by atoms with Crippen molar-refractivity contribution in [2.45, 2.75) is 6.92 Å². The summed E-state index contributed by atoms with van der Waals surface area (Å²) in [6, 6.07) is 11.7. The van der Waals surface area contributed by atoms with Crippen LogP contribution >= 0.6 is 0 Å². The number of aromatic hydroxyl groups is 1. The van der Waals surface area contributed by atoms with Crippen LogP contribution < -0.4 is 0 Å². The molecule has 7 nitrogen and oxygen atoms in total. The third-order valence-electron chi connectivity index (χ3n) is 5.74. The molecule has 6 aromatic rings. The molecule has 5 aromatic heterocycles. The number of pyridine rings is 3. The molecule has 6 rings (SSSR count). The van der Waals surface area contributed by atoms with Gasteiger partial charge < -0.3 is 10.1 Å². The fraction of sp³-hybridized carbons (Fsp3) is 0.0400. The van der Waals surface area contributed by atoms with Crippen LogP contribution in [-0.2, 0) is 0 Å². The predicted molar refractivity (Wildman–Crippen MR) is 124 cm³/mol. The zero-order valence-corrected chi connectivity index (χ0v) is 17.5. The first-order valence-corrected chi connectivity index (χ1v) is 10.3. The van der Waals surface area contributed by atoms with Crippen molar-refractivity contribution in [3.63, 3.8) is 0 Å². The summed E-state index contributed by atoms with van der Waals surface area (Å²) in [6.07, 6.45) is 6.97. The molecule has 33 heavy (non-hydrogen) atoms. The number of nitrogens with one attached hydrogen (secondary N) is 2. The summed E-state index contributed by atoms with van der Waals surface area (Å²) in [5, 5.41) is 19.1. The second-order valence-electron chi connectivity index (χ2n) is 7.88. The van der Waals surface area contributed by atoms with Gasteiger partial charge in [0.25, 0.3) is 0 Å². The Morgan fingerprint density at radius 3 is 2.67 bits per heavy atom. The number of hydrogen-bond donors (Lipinski definition) is 3. The summed E-state index contributed by atoms with van der Waals surface area (Å²) < 4.78 is 13.9.